The zero-order valence-corrected chi connectivity index (χ0v) is 11.8. The van der Waals surface area contributed by atoms with Crippen LogP contribution in [-0.4, -0.2) is 4.98 Å². The predicted molar refractivity (Wildman–Crippen MR) is 76.6 cm³/mol. The highest BCUT2D eigenvalue weighted by Gasteiger charge is 2.09. The number of hydrogen-bond donors (Lipinski definition) is 0. The van der Waals surface area contributed by atoms with Crippen LogP contribution in [-0.2, 0) is 0 Å². The number of halogens is 1. The molecule has 0 bridgehead atoms. The molecule has 0 aliphatic rings. The summed E-state index contributed by atoms with van der Waals surface area (Å²) in [5, 5.41) is 0. The van der Waals surface area contributed by atoms with Crippen molar-refractivity contribution in [3.8, 4) is 11.5 Å². The first-order valence-electron chi connectivity index (χ1n) is 5.77. The molecule has 0 fully saturated rings. The van der Waals surface area contributed by atoms with Gasteiger partial charge in [-0.15, -0.1) is 0 Å². The molecule has 0 atom stereocenters. The summed E-state index contributed by atoms with van der Waals surface area (Å²) in [6.07, 6.45) is 0. The molecule has 90 valence electrons. The van der Waals surface area contributed by atoms with Crippen LogP contribution in [0.1, 0.15) is 11.1 Å². The number of nitrogens with zero attached hydrogens (tertiary/aromatic N) is 1. The summed E-state index contributed by atoms with van der Waals surface area (Å²) in [6, 6.07) is 12.2. The number of hydrogen-bond acceptors (Lipinski definition) is 2. The van der Waals surface area contributed by atoms with Gasteiger partial charge in [0.05, 0.1) is 0 Å². The van der Waals surface area contributed by atoms with Gasteiger partial charge in [-0.05, 0) is 43.7 Å². The lowest BCUT2D eigenvalue weighted by Gasteiger charge is -1.95. The minimum atomic E-state index is 0.669. The van der Waals surface area contributed by atoms with E-state index in [-0.39, 0.29) is 0 Å². The molecule has 18 heavy (non-hydrogen) atoms. The molecule has 0 N–H and O–H groups in total. The molecule has 0 radical (unpaired) electrons. The minimum absolute atomic E-state index is 0.669. The molecule has 0 aliphatic carbocycles. The average Bonchev–Trinajstić information content (AvgIpc) is 2.73. The Balaban J connectivity index is 2.16. The molecule has 0 aliphatic heterocycles. The van der Waals surface area contributed by atoms with Gasteiger partial charge in [-0.2, -0.15) is 0 Å². The molecule has 0 unspecified atom stereocenters. The third-order valence-corrected chi connectivity index (χ3v) is 3.82. The van der Waals surface area contributed by atoms with E-state index in [1.54, 1.807) is 0 Å². The van der Waals surface area contributed by atoms with Gasteiger partial charge in [0.2, 0.25) is 5.89 Å². The molecule has 2 nitrogen and oxygen atoms in total. The normalized spacial score (nSPS) is 11.1. The molecule has 3 aromatic rings. The van der Waals surface area contributed by atoms with Crippen LogP contribution in [0.5, 0.6) is 0 Å². The maximum atomic E-state index is 5.79. The van der Waals surface area contributed by atoms with Crippen molar-refractivity contribution in [3.63, 3.8) is 0 Å². The molecule has 1 heterocycles. The third-order valence-electron chi connectivity index (χ3n) is 2.97. The van der Waals surface area contributed by atoms with Crippen molar-refractivity contribution in [1.82, 2.24) is 4.98 Å². The second kappa shape index (κ2) is 4.25. The lowest BCUT2D eigenvalue weighted by molar-refractivity contribution is 0.619. The first kappa shape index (κ1) is 11.5. The summed E-state index contributed by atoms with van der Waals surface area (Å²) < 4.78 is 6.83. The molecule has 0 spiro atoms. The largest absolute Gasteiger partial charge is 0.436 e. The number of oxazole rings is 1. The zero-order chi connectivity index (χ0) is 12.7. The molecule has 2 aromatic carbocycles. The molecule has 0 saturated heterocycles. The van der Waals surface area contributed by atoms with E-state index in [1.807, 2.05) is 31.2 Å². The van der Waals surface area contributed by atoms with Gasteiger partial charge in [0.25, 0.3) is 0 Å². The summed E-state index contributed by atoms with van der Waals surface area (Å²) in [5.74, 6) is 0.669. The van der Waals surface area contributed by atoms with E-state index in [0.717, 1.165) is 26.7 Å². The van der Waals surface area contributed by atoms with Gasteiger partial charge in [-0.1, -0.05) is 33.6 Å². The fourth-order valence-electron chi connectivity index (χ4n) is 1.87. The molecule has 1 aromatic heterocycles. The van der Waals surface area contributed by atoms with Gasteiger partial charge in [-0.3, -0.25) is 0 Å². The monoisotopic (exact) mass is 301 g/mol. The highest BCUT2D eigenvalue weighted by atomic mass is 79.9. The van der Waals surface area contributed by atoms with E-state index in [0.29, 0.717) is 5.89 Å². The smallest absolute Gasteiger partial charge is 0.227 e. The zero-order valence-electron chi connectivity index (χ0n) is 10.2. The van der Waals surface area contributed by atoms with Crippen LogP contribution in [0.15, 0.2) is 45.3 Å². The van der Waals surface area contributed by atoms with E-state index in [4.69, 9.17) is 4.42 Å². The van der Waals surface area contributed by atoms with Crippen molar-refractivity contribution in [2.45, 2.75) is 13.8 Å². The second-order valence-corrected chi connectivity index (χ2v) is 5.31. The summed E-state index contributed by atoms with van der Waals surface area (Å²) in [5.41, 5.74) is 5.10. The molecule has 0 amide bonds. The van der Waals surface area contributed by atoms with Gasteiger partial charge in [0.1, 0.15) is 5.52 Å². The fourth-order valence-corrected chi connectivity index (χ4v) is 2.20. The van der Waals surface area contributed by atoms with Crippen molar-refractivity contribution in [3.05, 3.63) is 52.0 Å². The standard InChI is InChI=1S/C15H12BrNO/c1-9-3-5-11(6-4-9)15-17-13-7-10(2)12(16)8-14(13)18-15/h3-8H,1-2H3. The molecule has 3 rings (SSSR count). The maximum Gasteiger partial charge on any atom is 0.227 e. The van der Waals surface area contributed by atoms with E-state index >= 15 is 0 Å². The Bertz CT molecular complexity index is 674. The Morgan fingerprint density at radius 2 is 1.78 bits per heavy atom. The van der Waals surface area contributed by atoms with Crippen molar-refractivity contribution in [1.29, 1.82) is 0 Å². The second-order valence-electron chi connectivity index (χ2n) is 4.45. The van der Waals surface area contributed by atoms with Crippen LogP contribution in [0.2, 0.25) is 0 Å². The van der Waals surface area contributed by atoms with E-state index < -0.39 is 0 Å². The lowest BCUT2D eigenvalue weighted by Crippen LogP contribution is -1.78. The van der Waals surface area contributed by atoms with Crippen LogP contribution < -0.4 is 0 Å². The van der Waals surface area contributed by atoms with Crippen LogP contribution in [0.3, 0.4) is 0 Å². The van der Waals surface area contributed by atoms with Crippen molar-refractivity contribution in [2.24, 2.45) is 0 Å². The molecule has 0 saturated carbocycles. The highest BCUT2D eigenvalue weighted by Crippen LogP contribution is 2.28. The van der Waals surface area contributed by atoms with Gasteiger partial charge in [-0.25, -0.2) is 4.98 Å². The Labute approximate surface area is 114 Å². The summed E-state index contributed by atoms with van der Waals surface area (Å²) in [6.45, 7) is 4.11. The first-order chi connectivity index (χ1) is 8.63. The Morgan fingerprint density at radius 3 is 2.50 bits per heavy atom. The van der Waals surface area contributed by atoms with E-state index in [9.17, 15) is 0 Å². The average molecular weight is 302 g/mol. The van der Waals surface area contributed by atoms with Gasteiger partial charge >= 0.3 is 0 Å². The number of aromatic nitrogens is 1. The minimum Gasteiger partial charge on any atom is -0.436 e. The van der Waals surface area contributed by atoms with Gasteiger partial charge in [0.15, 0.2) is 5.58 Å². The fraction of sp³-hybridized carbons (Fsp3) is 0.133. The van der Waals surface area contributed by atoms with Crippen LogP contribution in [0, 0.1) is 13.8 Å². The number of aryl methyl sites for hydroxylation is 2. The Kier molecular flexibility index (Phi) is 2.71. The Morgan fingerprint density at radius 1 is 1.06 bits per heavy atom. The van der Waals surface area contributed by atoms with Gasteiger partial charge < -0.3 is 4.42 Å². The van der Waals surface area contributed by atoms with Crippen LogP contribution in [0.4, 0.5) is 0 Å². The lowest BCUT2D eigenvalue weighted by atomic mass is 10.1. The van der Waals surface area contributed by atoms with Crippen LogP contribution in [0.25, 0.3) is 22.6 Å². The SMILES string of the molecule is Cc1ccc(-c2nc3cc(C)c(Br)cc3o2)cc1. The summed E-state index contributed by atoms with van der Waals surface area (Å²) >= 11 is 3.50. The van der Waals surface area contributed by atoms with Crippen LogP contribution >= 0.6 is 15.9 Å². The van der Waals surface area contributed by atoms with Crippen molar-refractivity contribution < 1.29 is 4.42 Å². The van der Waals surface area contributed by atoms with E-state index in [2.05, 4.69) is 40.0 Å². The quantitative estimate of drug-likeness (QED) is 0.640. The number of fused-ring (bicyclic) bond motifs is 1. The summed E-state index contributed by atoms with van der Waals surface area (Å²) in [7, 11) is 0. The number of benzene rings is 2. The molecular weight excluding hydrogens is 290 g/mol. The number of rotatable bonds is 1. The summed E-state index contributed by atoms with van der Waals surface area (Å²) in [4.78, 5) is 4.53. The maximum absolute atomic E-state index is 5.79. The first-order valence-corrected chi connectivity index (χ1v) is 6.56. The molecular formula is C15H12BrNO. The van der Waals surface area contributed by atoms with Crippen molar-refractivity contribution >= 4 is 27.0 Å². The van der Waals surface area contributed by atoms with Crippen molar-refractivity contribution in [2.75, 3.05) is 0 Å². The third kappa shape index (κ3) is 1.95. The highest BCUT2D eigenvalue weighted by molar-refractivity contribution is 9.10. The van der Waals surface area contributed by atoms with Gasteiger partial charge in [0, 0.05) is 10.0 Å². The molecule has 3 heteroatoms. The Hall–Kier alpha value is -1.61. The topological polar surface area (TPSA) is 26.0 Å². The van der Waals surface area contributed by atoms with E-state index in [1.165, 1.54) is 5.56 Å². The predicted octanol–water partition coefficient (Wildman–Crippen LogP) is 4.87.